The van der Waals surface area contributed by atoms with Crippen molar-refractivity contribution in [2.75, 3.05) is 39.3 Å². The Hall–Kier alpha value is -0.540. The van der Waals surface area contributed by atoms with Crippen LogP contribution in [0.4, 0.5) is 0 Å². The van der Waals surface area contributed by atoms with Crippen LogP contribution in [-0.4, -0.2) is 44.2 Å². The average Bonchev–Trinajstić information content (AvgIpc) is 2.29. The van der Waals surface area contributed by atoms with E-state index in [-0.39, 0.29) is 0 Å². The van der Waals surface area contributed by atoms with Crippen LogP contribution >= 0.6 is 0 Å². The van der Waals surface area contributed by atoms with Gasteiger partial charge in [0.25, 0.3) is 0 Å². The molecule has 0 aromatic carbocycles. The smallest absolute Gasteiger partial charge is 0.0876 e. The lowest BCUT2D eigenvalue weighted by atomic mass is 10.1. The van der Waals surface area contributed by atoms with Crippen LogP contribution in [0.15, 0.2) is 11.8 Å². The van der Waals surface area contributed by atoms with Gasteiger partial charge in [-0.15, -0.1) is 0 Å². The number of rotatable bonds is 3. The van der Waals surface area contributed by atoms with E-state index in [0.717, 1.165) is 19.7 Å². The highest BCUT2D eigenvalue weighted by atomic mass is 16.5. The van der Waals surface area contributed by atoms with Crippen molar-refractivity contribution in [3.63, 3.8) is 0 Å². The fourth-order valence-corrected chi connectivity index (χ4v) is 2.04. The Morgan fingerprint density at radius 3 is 2.93 bits per heavy atom. The van der Waals surface area contributed by atoms with Gasteiger partial charge in [-0.05, 0) is 24.8 Å². The van der Waals surface area contributed by atoms with Gasteiger partial charge in [0.05, 0.1) is 12.9 Å². The standard InChI is InChI=1S/C11H20N2O/c1-2-11(10-14-9-1)3-6-13-7-4-12-5-8-13/h10,12H,1-9H2. The van der Waals surface area contributed by atoms with E-state index in [2.05, 4.69) is 10.2 Å². The van der Waals surface area contributed by atoms with E-state index in [1.165, 1.54) is 44.5 Å². The van der Waals surface area contributed by atoms with Gasteiger partial charge in [-0.1, -0.05) is 0 Å². The molecule has 80 valence electrons. The Kier molecular flexibility index (Phi) is 3.83. The molecule has 3 nitrogen and oxygen atoms in total. The molecule has 14 heavy (non-hydrogen) atoms. The maximum atomic E-state index is 5.33. The molecule has 1 N–H and O–H groups in total. The highest BCUT2D eigenvalue weighted by Crippen LogP contribution is 2.15. The van der Waals surface area contributed by atoms with E-state index in [0.29, 0.717) is 0 Å². The molecule has 2 rings (SSSR count). The lowest BCUT2D eigenvalue weighted by molar-refractivity contribution is 0.213. The number of hydrogen-bond donors (Lipinski definition) is 1. The summed E-state index contributed by atoms with van der Waals surface area (Å²) in [6.07, 6.45) is 5.62. The van der Waals surface area contributed by atoms with Crippen molar-refractivity contribution >= 4 is 0 Å². The third kappa shape index (κ3) is 3.00. The van der Waals surface area contributed by atoms with Crippen LogP contribution in [0.5, 0.6) is 0 Å². The molecule has 2 heterocycles. The highest BCUT2D eigenvalue weighted by molar-refractivity contribution is 5.00. The topological polar surface area (TPSA) is 24.5 Å². The number of piperazine rings is 1. The molecule has 0 saturated carbocycles. The molecule has 0 amide bonds. The lowest BCUT2D eigenvalue weighted by Gasteiger charge is -2.27. The number of ether oxygens (including phenoxy) is 1. The molecule has 0 radical (unpaired) electrons. The van der Waals surface area contributed by atoms with Crippen LogP contribution in [-0.2, 0) is 4.74 Å². The van der Waals surface area contributed by atoms with E-state index in [1.54, 1.807) is 0 Å². The monoisotopic (exact) mass is 196 g/mol. The van der Waals surface area contributed by atoms with Crippen molar-refractivity contribution in [3.8, 4) is 0 Å². The second-order valence-electron chi connectivity index (χ2n) is 4.09. The molecule has 0 aliphatic carbocycles. The molecule has 0 unspecified atom stereocenters. The summed E-state index contributed by atoms with van der Waals surface area (Å²) >= 11 is 0. The zero-order valence-electron chi connectivity index (χ0n) is 8.80. The van der Waals surface area contributed by atoms with Crippen LogP contribution in [0.3, 0.4) is 0 Å². The van der Waals surface area contributed by atoms with E-state index < -0.39 is 0 Å². The van der Waals surface area contributed by atoms with Crippen molar-refractivity contribution < 1.29 is 4.74 Å². The summed E-state index contributed by atoms with van der Waals surface area (Å²) < 4.78 is 5.33. The summed E-state index contributed by atoms with van der Waals surface area (Å²) in [5, 5.41) is 3.37. The Morgan fingerprint density at radius 2 is 2.21 bits per heavy atom. The van der Waals surface area contributed by atoms with Gasteiger partial charge in [-0.3, -0.25) is 0 Å². The van der Waals surface area contributed by atoms with E-state index in [1.807, 2.05) is 6.26 Å². The minimum atomic E-state index is 0.914. The molecule has 1 fully saturated rings. The minimum absolute atomic E-state index is 0.914. The number of hydrogen-bond acceptors (Lipinski definition) is 3. The summed E-state index contributed by atoms with van der Waals surface area (Å²) in [5.74, 6) is 0. The molecule has 0 atom stereocenters. The summed E-state index contributed by atoms with van der Waals surface area (Å²) in [7, 11) is 0. The molecule has 2 aliphatic rings. The van der Waals surface area contributed by atoms with Crippen molar-refractivity contribution in [1.29, 1.82) is 0 Å². The molecule has 0 spiro atoms. The molecule has 2 aliphatic heterocycles. The average molecular weight is 196 g/mol. The lowest BCUT2D eigenvalue weighted by Crippen LogP contribution is -2.43. The maximum absolute atomic E-state index is 5.33. The molecular formula is C11H20N2O. The van der Waals surface area contributed by atoms with Crippen LogP contribution in [0.25, 0.3) is 0 Å². The van der Waals surface area contributed by atoms with Gasteiger partial charge < -0.3 is 15.0 Å². The maximum Gasteiger partial charge on any atom is 0.0876 e. The van der Waals surface area contributed by atoms with Crippen LogP contribution in [0.1, 0.15) is 19.3 Å². The van der Waals surface area contributed by atoms with Gasteiger partial charge in [0.15, 0.2) is 0 Å². The highest BCUT2D eigenvalue weighted by Gasteiger charge is 2.10. The van der Waals surface area contributed by atoms with E-state index >= 15 is 0 Å². The fourth-order valence-electron chi connectivity index (χ4n) is 2.04. The van der Waals surface area contributed by atoms with Crippen molar-refractivity contribution in [3.05, 3.63) is 11.8 Å². The van der Waals surface area contributed by atoms with E-state index in [9.17, 15) is 0 Å². The summed E-state index contributed by atoms with van der Waals surface area (Å²) in [5.41, 5.74) is 1.50. The Morgan fingerprint density at radius 1 is 1.36 bits per heavy atom. The Labute approximate surface area is 86.1 Å². The van der Waals surface area contributed by atoms with Gasteiger partial charge in [-0.25, -0.2) is 0 Å². The van der Waals surface area contributed by atoms with Crippen molar-refractivity contribution in [2.45, 2.75) is 19.3 Å². The number of nitrogens with one attached hydrogen (secondary N) is 1. The van der Waals surface area contributed by atoms with Gasteiger partial charge in [0, 0.05) is 32.7 Å². The Bertz CT molecular complexity index is 197. The molecule has 0 bridgehead atoms. The zero-order valence-corrected chi connectivity index (χ0v) is 8.80. The Balaban J connectivity index is 1.67. The first-order valence-corrected chi connectivity index (χ1v) is 5.68. The molecule has 0 aromatic heterocycles. The second kappa shape index (κ2) is 5.37. The molecule has 1 saturated heterocycles. The second-order valence-corrected chi connectivity index (χ2v) is 4.09. The molecular weight excluding hydrogens is 176 g/mol. The molecule has 3 heteroatoms. The van der Waals surface area contributed by atoms with E-state index in [4.69, 9.17) is 4.74 Å². The van der Waals surface area contributed by atoms with Gasteiger partial charge in [-0.2, -0.15) is 0 Å². The fraction of sp³-hybridized carbons (Fsp3) is 0.818. The first-order valence-electron chi connectivity index (χ1n) is 5.68. The quantitative estimate of drug-likeness (QED) is 0.728. The normalized spacial score (nSPS) is 24.1. The van der Waals surface area contributed by atoms with Crippen LogP contribution in [0.2, 0.25) is 0 Å². The van der Waals surface area contributed by atoms with Crippen LogP contribution < -0.4 is 5.32 Å². The summed E-state index contributed by atoms with van der Waals surface area (Å²) in [6, 6.07) is 0. The summed E-state index contributed by atoms with van der Waals surface area (Å²) in [6.45, 7) is 6.82. The van der Waals surface area contributed by atoms with Gasteiger partial charge >= 0.3 is 0 Å². The van der Waals surface area contributed by atoms with Gasteiger partial charge in [0.2, 0.25) is 0 Å². The summed E-state index contributed by atoms with van der Waals surface area (Å²) in [4.78, 5) is 2.53. The first-order chi connectivity index (χ1) is 6.95. The largest absolute Gasteiger partial charge is 0.501 e. The van der Waals surface area contributed by atoms with Crippen molar-refractivity contribution in [2.24, 2.45) is 0 Å². The third-order valence-corrected chi connectivity index (χ3v) is 2.97. The van der Waals surface area contributed by atoms with Crippen molar-refractivity contribution in [1.82, 2.24) is 10.2 Å². The predicted octanol–water partition coefficient (Wildman–Crippen LogP) is 0.976. The zero-order chi connectivity index (χ0) is 9.64. The third-order valence-electron chi connectivity index (χ3n) is 2.97. The number of nitrogens with zero attached hydrogens (tertiary/aromatic N) is 1. The minimum Gasteiger partial charge on any atom is -0.501 e. The SMILES string of the molecule is C1=C(CCN2CCNCC2)CCCO1. The van der Waals surface area contributed by atoms with Crippen LogP contribution in [0, 0.1) is 0 Å². The predicted molar refractivity (Wildman–Crippen MR) is 57.2 cm³/mol. The molecule has 0 aromatic rings. The first kappa shape index (κ1) is 9.99. The van der Waals surface area contributed by atoms with Gasteiger partial charge in [0.1, 0.15) is 0 Å².